The van der Waals surface area contributed by atoms with E-state index in [9.17, 15) is 26.4 Å². The third-order valence-corrected chi connectivity index (χ3v) is 9.85. The Balaban J connectivity index is 1.87. The Morgan fingerprint density at radius 3 is 2.28 bits per heavy atom. The molecule has 10 nitrogen and oxygen atoms in total. The van der Waals surface area contributed by atoms with Gasteiger partial charge in [-0.3, -0.25) is 14.5 Å². The Labute approximate surface area is 271 Å². The van der Waals surface area contributed by atoms with Gasteiger partial charge >= 0.3 is 6.36 Å². The number of hydrogen-bond donors (Lipinski definition) is 0. The SMILES string of the molecule is COc1ccc(S(=O)(=O)N2C(=O)C(c3ccccc3OC)(N3CC(F)(F)C[C@@H]3C(=O)N(C)C)c3cc(Cl)ccc32)c(OC(F)(F)F)c1. The number of nitrogens with zero attached hydrogens (tertiary/aromatic N) is 3. The van der Waals surface area contributed by atoms with E-state index >= 15 is 13.6 Å². The van der Waals surface area contributed by atoms with E-state index in [0.29, 0.717) is 6.07 Å². The number of rotatable bonds is 8. The second-order valence-corrected chi connectivity index (χ2v) is 13.1. The third-order valence-electron chi connectivity index (χ3n) is 7.88. The first kappa shape index (κ1) is 34.2. The highest BCUT2D eigenvalue weighted by molar-refractivity contribution is 7.93. The fourth-order valence-corrected chi connectivity index (χ4v) is 7.77. The highest BCUT2D eigenvalue weighted by atomic mass is 35.5. The topological polar surface area (TPSA) is 106 Å². The van der Waals surface area contributed by atoms with Gasteiger partial charge in [0.15, 0.2) is 11.3 Å². The maximum absolute atomic E-state index is 15.4. The van der Waals surface area contributed by atoms with Crippen LogP contribution in [0.3, 0.4) is 0 Å². The molecule has 3 aromatic rings. The number of sulfonamides is 1. The minimum Gasteiger partial charge on any atom is -0.497 e. The molecule has 2 aliphatic heterocycles. The number of para-hydroxylation sites is 1. The molecule has 0 N–H and O–H groups in total. The summed E-state index contributed by atoms with van der Waals surface area (Å²) in [6.07, 6.45) is -6.39. The summed E-state index contributed by atoms with van der Waals surface area (Å²) < 4.78 is 115. The van der Waals surface area contributed by atoms with Crippen molar-refractivity contribution in [1.29, 1.82) is 0 Å². The molecule has 0 bridgehead atoms. The van der Waals surface area contributed by atoms with Crippen LogP contribution in [0.5, 0.6) is 17.2 Å². The quantitative estimate of drug-likeness (QED) is 0.301. The molecule has 0 spiro atoms. The van der Waals surface area contributed by atoms with Crippen molar-refractivity contribution in [3.63, 3.8) is 0 Å². The van der Waals surface area contributed by atoms with Gasteiger partial charge in [-0.1, -0.05) is 29.8 Å². The standard InChI is InChI=1S/C30H27ClF5N3O7S/c1-37(2)26(40)22-15-28(32,33)16-38(22)29(19-7-5-6-8-23(19)45-4)20-13-17(31)9-11-21(20)39(27(29)41)47(42,43)25-12-10-18(44-3)14-24(25)46-30(34,35)36/h5-14,22H,15-16H2,1-4H3/t22-,29?/m1/s1. The van der Waals surface area contributed by atoms with Crippen LogP contribution in [0.25, 0.3) is 0 Å². The fourth-order valence-electron chi connectivity index (χ4n) is 6.04. The van der Waals surface area contributed by atoms with Crippen molar-refractivity contribution in [3.8, 4) is 17.2 Å². The number of halogens is 6. The number of fused-ring (bicyclic) bond motifs is 1. The molecule has 2 heterocycles. The average molecular weight is 704 g/mol. The number of ether oxygens (including phenoxy) is 3. The second-order valence-electron chi connectivity index (χ2n) is 10.9. The molecule has 2 atom stereocenters. The van der Waals surface area contributed by atoms with E-state index in [2.05, 4.69) is 4.74 Å². The van der Waals surface area contributed by atoms with Crippen LogP contribution in [0.1, 0.15) is 17.5 Å². The molecule has 0 aliphatic carbocycles. The summed E-state index contributed by atoms with van der Waals surface area (Å²) in [5, 5.41) is -0.0398. The van der Waals surface area contributed by atoms with Crippen LogP contribution in [0.4, 0.5) is 27.6 Å². The van der Waals surface area contributed by atoms with E-state index in [0.717, 1.165) is 35.1 Å². The molecule has 0 aromatic heterocycles. The van der Waals surface area contributed by atoms with E-state index in [4.69, 9.17) is 21.1 Å². The van der Waals surface area contributed by atoms with E-state index in [-0.39, 0.29) is 32.0 Å². The molecule has 3 aromatic carbocycles. The zero-order valence-corrected chi connectivity index (χ0v) is 26.7. The molecule has 1 unspecified atom stereocenters. The lowest BCUT2D eigenvalue weighted by molar-refractivity contribution is -0.275. The lowest BCUT2D eigenvalue weighted by atomic mass is 9.80. The summed E-state index contributed by atoms with van der Waals surface area (Å²) in [5.74, 6) is -7.21. The Bertz CT molecular complexity index is 1860. The predicted molar refractivity (Wildman–Crippen MR) is 158 cm³/mol. The Morgan fingerprint density at radius 1 is 0.979 bits per heavy atom. The van der Waals surface area contributed by atoms with E-state index in [1.807, 2.05) is 0 Å². The molecule has 5 rings (SSSR count). The first-order valence-electron chi connectivity index (χ1n) is 13.7. The van der Waals surface area contributed by atoms with Crippen LogP contribution in [0, 0.1) is 0 Å². The number of anilines is 1. The van der Waals surface area contributed by atoms with Crippen LogP contribution in [-0.2, 0) is 25.2 Å². The van der Waals surface area contributed by atoms with Gasteiger partial charge in [-0.25, -0.2) is 21.5 Å². The minimum absolute atomic E-state index is 0.0390. The summed E-state index contributed by atoms with van der Waals surface area (Å²) in [6, 6.07) is 10.0. The zero-order chi connectivity index (χ0) is 34.7. The zero-order valence-electron chi connectivity index (χ0n) is 25.1. The Kier molecular flexibility index (Phi) is 8.60. The first-order valence-corrected chi connectivity index (χ1v) is 15.5. The van der Waals surface area contributed by atoms with Gasteiger partial charge in [0.05, 0.1) is 32.5 Å². The number of likely N-dealkylation sites (N-methyl/N-ethyl adjacent to an activating group) is 1. The van der Waals surface area contributed by atoms with Crippen molar-refractivity contribution < 1.29 is 54.2 Å². The monoisotopic (exact) mass is 703 g/mol. The number of amides is 2. The largest absolute Gasteiger partial charge is 0.573 e. The number of benzene rings is 3. The predicted octanol–water partition coefficient (Wildman–Crippen LogP) is 5.03. The maximum atomic E-state index is 15.4. The van der Waals surface area contributed by atoms with Crippen molar-refractivity contribution in [2.45, 2.75) is 35.2 Å². The van der Waals surface area contributed by atoms with E-state index < -0.39 is 75.0 Å². The van der Waals surface area contributed by atoms with Gasteiger partial charge in [0, 0.05) is 42.7 Å². The van der Waals surface area contributed by atoms with Gasteiger partial charge < -0.3 is 19.1 Å². The summed E-state index contributed by atoms with van der Waals surface area (Å²) in [7, 11) is -0.320. The van der Waals surface area contributed by atoms with Gasteiger partial charge in [0.25, 0.3) is 21.9 Å². The Morgan fingerprint density at radius 2 is 1.66 bits per heavy atom. The average Bonchev–Trinajstić information content (AvgIpc) is 3.45. The fraction of sp³-hybridized carbons (Fsp3) is 0.333. The second kappa shape index (κ2) is 11.8. The molecule has 47 heavy (non-hydrogen) atoms. The molecule has 1 fully saturated rings. The lowest BCUT2D eigenvalue weighted by Gasteiger charge is -2.41. The summed E-state index contributed by atoms with van der Waals surface area (Å²) in [4.78, 5) is 29.4. The van der Waals surface area contributed by atoms with E-state index in [1.165, 1.54) is 57.6 Å². The van der Waals surface area contributed by atoms with Gasteiger partial charge in [0.2, 0.25) is 5.91 Å². The first-order chi connectivity index (χ1) is 21.9. The molecule has 2 amide bonds. The highest BCUT2D eigenvalue weighted by Crippen LogP contribution is 2.56. The maximum Gasteiger partial charge on any atom is 0.573 e. The van der Waals surface area contributed by atoms with Gasteiger partial charge in [-0.15, -0.1) is 13.2 Å². The van der Waals surface area contributed by atoms with Gasteiger partial charge in [-0.2, -0.15) is 0 Å². The molecule has 2 aliphatic rings. The van der Waals surface area contributed by atoms with Gasteiger partial charge in [0.1, 0.15) is 16.4 Å². The number of carbonyl (C=O) groups excluding carboxylic acids is 2. The van der Waals surface area contributed by atoms with Crippen molar-refractivity contribution in [2.75, 3.05) is 39.2 Å². The van der Waals surface area contributed by atoms with Crippen molar-refractivity contribution in [3.05, 3.63) is 76.8 Å². The summed E-state index contributed by atoms with van der Waals surface area (Å²) in [5.41, 5.74) is -3.29. The van der Waals surface area contributed by atoms with Crippen LogP contribution >= 0.6 is 11.6 Å². The number of carbonyl (C=O) groups is 2. The molecule has 252 valence electrons. The van der Waals surface area contributed by atoms with Crippen molar-refractivity contribution in [1.82, 2.24) is 9.80 Å². The van der Waals surface area contributed by atoms with Crippen LogP contribution in [-0.4, -0.2) is 83.2 Å². The number of methoxy groups -OCH3 is 2. The number of likely N-dealkylation sites (tertiary alicyclic amines) is 1. The molecule has 1 saturated heterocycles. The summed E-state index contributed by atoms with van der Waals surface area (Å²) >= 11 is 6.37. The minimum atomic E-state index is -5.36. The normalized spacial score (nSPS) is 21.0. The van der Waals surface area contributed by atoms with Gasteiger partial charge in [-0.05, 0) is 36.4 Å². The van der Waals surface area contributed by atoms with Crippen LogP contribution in [0.2, 0.25) is 5.02 Å². The molecule has 0 saturated carbocycles. The molecule has 0 radical (unpaired) electrons. The van der Waals surface area contributed by atoms with Crippen LogP contribution in [0.15, 0.2) is 65.6 Å². The lowest BCUT2D eigenvalue weighted by Crippen LogP contribution is -2.59. The summed E-state index contributed by atoms with van der Waals surface area (Å²) in [6.45, 7) is -1.19. The third kappa shape index (κ3) is 5.71. The van der Waals surface area contributed by atoms with Crippen LogP contribution < -0.4 is 18.5 Å². The van der Waals surface area contributed by atoms with E-state index in [1.54, 1.807) is 0 Å². The molecule has 17 heteroatoms. The molecular weight excluding hydrogens is 677 g/mol. The molecular formula is C30H27ClF5N3O7S. The van der Waals surface area contributed by atoms with Crippen molar-refractivity contribution >= 4 is 39.1 Å². The smallest absolute Gasteiger partial charge is 0.497 e. The Hall–Kier alpha value is -4.15. The number of alkyl halides is 5. The number of hydrogen-bond acceptors (Lipinski definition) is 8. The van der Waals surface area contributed by atoms with Crippen molar-refractivity contribution in [2.24, 2.45) is 0 Å². The highest BCUT2D eigenvalue weighted by Gasteiger charge is 2.66.